The Balaban J connectivity index is 4.41. The van der Waals surface area contributed by atoms with Crippen molar-refractivity contribution in [3.8, 4) is 0 Å². The molecule has 0 aliphatic carbocycles. The Morgan fingerprint density at radius 2 is 2.07 bits per heavy atom. The average molecular weight is 264 g/mol. The molecule has 0 saturated carbocycles. The monoisotopic (exact) mass is 263 g/mol. The Morgan fingerprint density at radius 1 is 1.57 bits per heavy atom. The summed E-state index contributed by atoms with van der Waals surface area (Å²) in [4.78, 5) is 11.4. The van der Waals surface area contributed by atoms with Crippen molar-refractivity contribution in [1.29, 1.82) is 0 Å². The van der Waals surface area contributed by atoms with Crippen molar-refractivity contribution in [3.63, 3.8) is 0 Å². The molecule has 0 rings (SSSR count). The topological polar surface area (TPSA) is 38.3 Å². The van der Waals surface area contributed by atoms with Gasteiger partial charge in [0.25, 0.3) is 0 Å². The van der Waals surface area contributed by atoms with E-state index in [0.717, 1.165) is 4.48 Å². The van der Waals surface area contributed by atoms with Crippen LogP contribution in [-0.4, -0.2) is 25.7 Å². The molecule has 0 saturated heterocycles. The summed E-state index contributed by atoms with van der Waals surface area (Å²) in [5.41, 5.74) is -0.171. The largest absolute Gasteiger partial charge is 0.468 e. The van der Waals surface area contributed by atoms with Crippen molar-refractivity contribution in [2.75, 3.05) is 13.7 Å². The number of hydrogen-bond acceptors (Lipinski definition) is 3. The number of halogens is 1. The first kappa shape index (κ1) is 13.7. The minimum atomic E-state index is -0.318. The first-order valence-corrected chi connectivity index (χ1v) is 5.23. The number of methoxy groups -OCH3 is 1. The molecule has 0 aliphatic rings. The van der Waals surface area contributed by atoms with Crippen LogP contribution in [0.25, 0.3) is 0 Å². The Kier molecular flexibility index (Phi) is 5.37. The van der Waals surface area contributed by atoms with Gasteiger partial charge >= 0.3 is 5.97 Å². The van der Waals surface area contributed by atoms with Crippen LogP contribution >= 0.6 is 15.9 Å². The highest BCUT2D eigenvalue weighted by molar-refractivity contribution is 9.11. The third-order valence-corrected chi connectivity index (χ3v) is 2.08. The molecule has 0 unspecified atom stereocenters. The molecule has 0 aromatic heterocycles. The predicted octanol–water partition coefficient (Wildman–Crippen LogP) is 2.07. The van der Waals surface area contributed by atoms with Crippen molar-refractivity contribution in [1.82, 2.24) is 5.32 Å². The fourth-order valence-corrected chi connectivity index (χ4v) is 1.24. The van der Waals surface area contributed by atoms with Crippen LogP contribution in [0.4, 0.5) is 0 Å². The molecule has 0 radical (unpaired) electrons. The minimum absolute atomic E-state index is 0.171. The Bertz CT molecular complexity index is 221. The summed E-state index contributed by atoms with van der Waals surface area (Å²) in [5.74, 6) is -0.244. The van der Waals surface area contributed by atoms with Gasteiger partial charge in [0, 0.05) is 11.0 Å². The number of hydrogen-bond donors (Lipinski definition) is 1. The van der Waals surface area contributed by atoms with Crippen molar-refractivity contribution >= 4 is 21.9 Å². The average Bonchev–Trinajstić information content (AvgIpc) is 2.01. The lowest BCUT2D eigenvalue weighted by atomic mass is 9.87. The molecule has 0 aromatic carbocycles. The molecular formula is C10H18BrNO2. The van der Waals surface area contributed by atoms with Gasteiger partial charge in [-0.3, -0.25) is 10.1 Å². The molecule has 3 nitrogen and oxygen atoms in total. The second-order valence-corrected chi connectivity index (χ2v) is 5.34. The molecule has 1 N–H and O–H groups in total. The third-order valence-electron chi connectivity index (χ3n) is 1.80. The van der Waals surface area contributed by atoms with Crippen molar-refractivity contribution in [2.45, 2.75) is 26.8 Å². The summed E-state index contributed by atoms with van der Waals surface area (Å²) in [6.07, 6.45) is 0. The SMILES string of the molecule is C=C(Br)CN[C@H](C(=O)OC)C(C)(C)C. The normalized spacial score (nSPS) is 13.5. The zero-order valence-corrected chi connectivity index (χ0v) is 10.8. The first-order valence-electron chi connectivity index (χ1n) is 4.43. The van der Waals surface area contributed by atoms with E-state index in [1.165, 1.54) is 7.11 Å². The number of esters is 1. The Morgan fingerprint density at radius 3 is 2.36 bits per heavy atom. The third kappa shape index (κ3) is 4.77. The van der Waals surface area contributed by atoms with Gasteiger partial charge in [0.15, 0.2) is 0 Å². The highest BCUT2D eigenvalue weighted by Crippen LogP contribution is 2.20. The molecule has 0 aromatic rings. The van der Waals surface area contributed by atoms with Crippen LogP contribution in [0, 0.1) is 5.41 Å². The van der Waals surface area contributed by atoms with E-state index in [-0.39, 0.29) is 17.4 Å². The van der Waals surface area contributed by atoms with E-state index in [2.05, 4.69) is 27.8 Å². The molecule has 0 spiro atoms. The van der Waals surface area contributed by atoms with Gasteiger partial charge in [-0.05, 0) is 5.41 Å². The van der Waals surface area contributed by atoms with Crippen LogP contribution in [0.1, 0.15) is 20.8 Å². The van der Waals surface area contributed by atoms with Gasteiger partial charge in [0.05, 0.1) is 7.11 Å². The molecule has 0 amide bonds. The smallest absolute Gasteiger partial charge is 0.323 e. The van der Waals surface area contributed by atoms with E-state index in [9.17, 15) is 4.79 Å². The van der Waals surface area contributed by atoms with Crippen LogP contribution in [-0.2, 0) is 9.53 Å². The number of rotatable bonds is 4. The first-order chi connectivity index (χ1) is 6.29. The number of carbonyl (C=O) groups is 1. The molecular weight excluding hydrogens is 246 g/mol. The highest BCUT2D eigenvalue weighted by atomic mass is 79.9. The summed E-state index contributed by atoms with van der Waals surface area (Å²) in [6, 6.07) is -0.318. The lowest BCUT2D eigenvalue weighted by molar-refractivity contribution is -0.145. The number of nitrogens with one attached hydrogen (secondary N) is 1. The Labute approximate surface area is 94.0 Å². The van der Waals surface area contributed by atoms with Crippen molar-refractivity contribution in [3.05, 3.63) is 11.1 Å². The minimum Gasteiger partial charge on any atom is -0.468 e. The molecule has 1 atom stereocenters. The van der Waals surface area contributed by atoms with E-state index in [0.29, 0.717) is 6.54 Å². The zero-order valence-electron chi connectivity index (χ0n) is 9.19. The van der Waals surface area contributed by atoms with Crippen LogP contribution in [0.5, 0.6) is 0 Å². The molecule has 0 aliphatic heterocycles. The van der Waals surface area contributed by atoms with E-state index in [1.54, 1.807) is 0 Å². The van der Waals surface area contributed by atoms with Gasteiger partial charge in [-0.15, -0.1) is 0 Å². The number of ether oxygens (including phenoxy) is 1. The van der Waals surface area contributed by atoms with E-state index in [4.69, 9.17) is 4.74 Å². The fourth-order valence-electron chi connectivity index (χ4n) is 1.07. The van der Waals surface area contributed by atoms with Gasteiger partial charge in [-0.2, -0.15) is 0 Å². The van der Waals surface area contributed by atoms with Crippen molar-refractivity contribution in [2.24, 2.45) is 5.41 Å². The summed E-state index contributed by atoms with van der Waals surface area (Å²) in [7, 11) is 1.39. The summed E-state index contributed by atoms with van der Waals surface area (Å²) < 4.78 is 5.54. The molecule has 0 bridgehead atoms. The summed E-state index contributed by atoms with van der Waals surface area (Å²) in [5, 5.41) is 3.09. The molecule has 4 heteroatoms. The van der Waals surface area contributed by atoms with Crippen LogP contribution in [0.3, 0.4) is 0 Å². The maximum atomic E-state index is 11.4. The van der Waals surface area contributed by atoms with Crippen LogP contribution in [0.15, 0.2) is 11.1 Å². The van der Waals surface area contributed by atoms with E-state index >= 15 is 0 Å². The van der Waals surface area contributed by atoms with Gasteiger partial charge in [0.2, 0.25) is 0 Å². The zero-order chi connectivity index (χ0) is 11.4. The molecule has 82 valence electrons. The summed E-state index contributed by atoms with van der Waals surface area (Å²) >= 11 is 3.23. The maximum Gasteiger partial charge on any atom is 0.323 e. The highest BCUT2D eigenvalue weighted by Gasteiger charge is 2.31. The molecule has 0 heterocycles. The van der Waals surface area contributed by atoms with E-state index < -0.39 is 0 Å². The second-order valence-electron chi connectivity index (χ2n) is 4.22. The van der Waals surface area contributed by atoms with Gasteiger partial charge in [-0.25, -0.2) is 0 Å². The standard InChI is InChI=1S/C10H18BrNO2/c1-7(11)6-12-8(9(13)14-5)10(2,3)4/h8,12H,1,6H2,2-5H3/t8-/m1/s1. The van der Waals surface area contributed by atoms with Gasteiger partial charge in [0.1, 0.15) is 6.04 Å². The van der Waals surface area contributed by atoms with E-state index in [1.807, 2.05) is 20.8 Å². The van der Waals surface area contributed by atoms with Gasteiger partial charge in [-0.1, -0.05) is 43.3 Å². The quantitative estimate of drug-likeness (QED) is 0.790. The lowest BCUT2D eigenvalue weighted by Crippen LogP contribution is -2.47. The van der Waals surface area contributed by atoms with Crippen molar-refractivity contribution < 1.29 is 9.53 Å². The van der Waals surface area contributed by atoms with Crippen LogP contribution < -0.4 is 5.32 Å². The lowest BCUT2D eigenvalue weighted by Gasteiger charge is -2.29. The summed E-state index contributed by atoms with van der Waals surface area (Å²) in [6.45, 7) is 10.2. The number of carbonyl (C=O) groups excluding carboxylic acids is 1. The Hall–Kier alpha value is -0.350. The molecule has 0 fully saturated rings. The fraction of sp³-hybridized carbons (Fsp3) is 0.700. The molecule has 14 heavy (non-hydrogen) atoms. The van der Waals surface area contributed by atoms with Gasteiger partial charge < -0.3 is 4.74 Å². The second kappa shape index (κ2) is 5.51. The maximum absolute atomic E-state index is 11.4. The predicted molar refractivity (Wildman–Crippen MR) is 61.3 cm³/mol. The van der Waals surface area contributed by atoms with Crippen LogP contribution in [0.2, 0.25) is 0 Å².